The Bertz CT molecular complexity index is 917. The highest BCUT2D eigenvalue weighted by atomic mass is 19.4. The van der Waals surface area contributed by atoms with Gasteiger partial charge in [0.05, 0.1) is 11.3 Å². The van der Waals surface area contributed by atoms with Gasteiger partial charge in [-0.2, -0.15) is 13.2 Å². The number of nitrogens with one attached hydrogen (secondary N) is 2. The molecule has 1 saturated carbocycles. The third-order valence-corrected chi connectivity index (χ3v) is 6.11. The summed E-state index contributed by atoms with van der Waals surface area (Å²) >= 11 is 0. The fourth-order valence-electron chi connectivity index (χ4n) is 4.65. The average molecular weight is 391 g/mol. The number of hydrogen-bond acceptors (Lipinski definition) is 5. The first-order chi connectivity index (χ1) is 13.2. The van der Waals surface area contributed by atoms with Crippen LogP contribution in [-0.4, -0.2) is 9.97 Å². The molecule has 8 heteroatoms. The Morgan fingerprint density at radius 2 is 1.86 bits per heavy atom. The van der Waals surface area contributed by atoms with Gasteiger partial charge in [-0.3, -0.25) is 0 Å². The lowest BCUT2D eigenvalue weighted by atomic mass is 9.74. The number of halogens is 3. The van der Waals surface area contributed by atoms with Crippen molar-refractivity contribution in [3.8, 4) is 0 Å². The van der Waals surface area contributed by atoms with E-state index in [-0.39, 0.29) is 11.5 Å². The van der Waals surface area contributed by atoms with Crippen LogP contribution in [0.25, 0.3) is 0 Å². The van der Waals surface area contributed by atoms with E-state index in [1.54, 1.807) is 13.0 Å². The highest BCUT2D eigenvalue weighted by molar-refractivity contribution is 5.71. The van der Waals surface area contributed by atoms with Crippen molar-refractivity contribution in [2.45, 2.75) is 64.2 Å². The van der Waals surface area contributed by atoms with Gasteiger partial charge in [0.2, 0.25) is 0 Å². The summed E-state index contributed by atoms with van der Waals surface area (Å²) < 4.78 is 43.0. The number of alkyl halides is 3. The molecule has 0 unspecified atom stereocenters. The van der Waals surface area contributed by atoms with E-state index >= 15 is 0 Å². The lowest BCUT2D eigenvalue weighted by Gasteiger charge is -2.37. The van der Waals surface area contributed by atoms with E-state index in [0.717, 1.165) is 43.2 Å². The Hall–Kier alpha value is -2.35. The number of aromatic nitrogens is 2. The molecule has 0 bridgehead atoms. The normalized spacial score (nSPS) is 18.3. The van der Waals surface area contributed by atoms with Crippen LogP contribution in [0.15, 0.2) is 12.4 Å². The van der Waals surface area contributed by atoms with Gasteiger partial charge in [-0.1, -0.05) is 19.3 Å². The summed E-state index contributed by atoms with van der Waals surface area (Å²) in [5.74, 6) is 0.537. The van der Waals surface area contributed by atoms with E-state index in [9.17, 15) is 13.2 Å². The molecular weight excluding hydrogens is 367 g/mol. The van der Waals surface area contributed by atoms with Gasteiger partial charge < -0.3 is 16.4 Å². The molecule has 150 valence electrons. The van der Waals surface area contributed by atoms with Gasteiger partial charge in [-0.25, -0.2) is 9.97 Å². The first-order valence-corrected chi connectivity index (χ1v) is 9.56. The van der Waals surface area contributed by atoms with Crippen LogP contribution in [0.1, 0.15) is 59.9 Å². The number of nitrogens with zero attached hydrogens (tertiary/aromatic N) is 2. The number of aryl methyl sites for hydroxylation is 1. The van der Waals surface area contributed by atoms with E-state index in [1.807, 2.05) is 6.92 Å². The third kappa shape index (κ3) is 2.99. The van der Waals surface area contributed by atoms with Crippen LogP contribution in [-0.2, 0) is 18.3 Å². The monoisotopic (exact) mass is 391 g/mol. The van der Waals surface area contributed by atoms with Crippen LogP contribution >= 0.6 is 0 Å². The van der Waals surface area contributed by atoms with Crippen molar-refractivity contribution >= 4 is 17.3 Å². The summed E-state index contributed by atoms with van der Waals surface area (Å²) in [6.07, 6.45) is 1.16. The van der Waals surface area contributed by atoms with E-state index in [4.69, 9.17) is 5.73 Å². The molecule has 1 aliphatic heterocycles. The van der Waals surface area contributed by atoms with Gasteiger partial charge in [0.1, 0.15) is 18.0 Å². The van der Waals surface area contributed by atoms with Crippen LogP contribution in [0.3, 0.4) is 0 Å². The SMILES string of the molecule is Cc1cc(Nc2ncnc(N)c2C)c(C(F)(F)F)c2c1CNC21CCCCC1. The Morgan fingerprint density at radius 3 is 2.54 bits per heavy atom. The molecule has 5 nitrogen and oxygen atoms in total. The van der Waals surface area contributed by atoms with Crippen molar-refractivity contribution in [2.24, 2.45) is 0 Å². The molecular formula is C20H24F3N5. The lowest BCUT2D eigenvalue weighted by Crippen LogP contribution is -2.40. The number of hydrogen-bond donors (Lipinski definition) is 3. The zero-order chi connectivity index (χ0) is 20.1. The predicted molar refractivity (Wildman–Crippen MR) is 102 cm³/mol. The van der Waals surface area contributed by atoms with E-state index in [1.165, 1.54) is 6.33 Å². The second-order valence-corrected chi connectivity index (χ2v) is 7.82. The lowest BCUT2D eigenvalue weighted by molar-refractivity contribution is -0.138. The summed E-state index contributed by atoms with van der Waals surface area (Å²) in [5.41, 5.74) is 7.22. The highest BCUT2D eigenvalue weighted by Crippen LogP contribution is 2.51. The van der Waals surface area contributed by atoms with Crippen LogP contribution in [0, 0.1) is 13.8 Å². The number of fused-ring (bicyclic) bond motifs is 2. The minimum atomic E-state index is -4.48. The third-order valence-electron chi connectivity index (χ3n) is 6.11. The molecule has 2 heterocycles. The molecule has 0 amide bonds. The molecule has 1 aromatic carbocycles. The molecule has 2 aliphatic rings. The van der Waals surface area contributed by atoms with Crippen molar-refractivity contribution < 1.29 is 13.2 Å². The Labute approximate surface area is 162 Å². The maximum Gasteiger partial charge on any atom is 0.418 e. The minimum Gasteiger partial charge on any atom is -0.383 e. The van der Waals surface area contributed by atoms with Crippen molar-refractivity contribution in [1.82, 2.24) is 15.3 Å². The van der Waals surface area contributed by atoms with Gasteiger partial charge in [0.15, 0.2) is 0 Å². The molecule has 4 N–H and O–H groups in total. The standard InChI is InChI=1S/C20H24F3N5/c1-11-8-14(28-18-12(2)17(24)25-10-26-18)16(20(21,22)23)15-13(11)9-27-19(15)6-4-3-5-7-19/h8,10,27H,3-7,9H2,1-2H3,(H3,24,25,26,28). The second kappa shape index (κ2) is 6.62. The van der Waals surface area contributed by atoms with Gasteiger partial charge in [0.25, 0.3) is 0 Å². The molecule has 0 saturated heterocycles. The Kier molecular flexibility index (Phi) is 4.49. The molecule has 1 spiro atoms. The first-order valence-electron chi connectivity index (χ1n) is 9.56. The Balaban J connectivity index is 1.92. The van der Waals surface area contributed by atoms with E-state index in [2.05, 4.69) is 20.6 Å². The summed E-state index contributed by atoms with van der Waals surface area (Å²) in [5, 5.41) is 6.33. The van der Waals surface area contributed by atoms with Crippen molar-refractivity contribution in [1.29, 1.82) is 0 Å². The average Bonchev–Trinajstić information content (AvgIpc) is 2.98. The molecule has 4 rings (SSSR count). The smallest absolute Gasteiger partial charge is 0.383 e. The van der Waals surface area contributed by atoms with Crippen molar-refractivity contribution in [3.63, 3.8) is 0 Å². The number of benzene rings is 1. The molecule has 2 aromatic rings. The second-order valence-electron chi connectivity index (χ2n) is 7.82. The molecule has 28 heavy (non-hydrogen) atoms. The number of rotatable bonds is 2. The zero-order valence-corrected chi connectivity index (χ0v) is 16.0. The minimum absolute atomic E-state index is 0.0265. The van der Waals surface area contributed by atoms with Crippen LogP contribution in [0.2, 0.25) is 0 Å². The maximum atomic E-state index is 14.3. The van der Waals surface area contributed by atoms with Gasteiger partial charge in [-0.15, -0.1) is 0 Å². The van der Waals surface area contributed by atoms with Crippen molar-refractivity contribution in [3.05, 3.63) is 40.2 Å². The van der Waals surface area contributed by atoms with E-state index in [0.29, 0.717) is 23.5 Å². The molecule has 1 aliphatic carbocycles. The quantitative estimate of drug-likeness (QED) is 0.692. The number of nitrogens with two attached hydrogens (primary N) is 1. The Morgan fingerprint density at radius 1 is 1.14 bits per heavy atom. The fraction of sp³-hybridized carbons (Fsp3) is 0.500. The predicted octanol–water partition coefficient (Wildman–Crippen LogP) is 4.70. The largest absolute Gasteiger partial charge is 0.418 e. The molecule has 1 fully saturated rings. The maximum absolute atomic E-state index is 14.3. The summed E-state index contributed by atoms with van der Waals surface area (Å²) in [4.78, 5) is 7.99. The first kappa shape index (κ1) is 19.0. The molecule has 0 radical (unpaired) electrons. The number of nitrogen functional groups attached to an aromatic ring is 1. The molecule has 1 aromatic heterocycles. The number of anilines is 3. The van der Waals surface area contributed by atoms with Gasteiger partial charge >= 0.3 is 6.18 Å². The van der Waals surface area contributed by atoms with Gasteiger partial charge in [0, 0.05) is 17.6 Å². The topological polar surface area (TPSA) is 75.9 Å². The van der Waals surface area contributed by atoms with Crippen LogP contribution < -0.4 is 16.4 Å². The van der Waals surface area contributed by atoms with E-state index < -0.39 is 17.3 Å². The van der Waals surface area contributed by atoms with Gasteiger partial charge in [-0.05, 0) is 49.4 Å². The summed E-state index contributed by atoms with van der Waals surface area (Å²) in [6.45, 7) is 4.04. The zero-order valence-electron chi connectivity index (χ0n) is 16.0. The van der Waals surface area contributed by atoms with Crippen LogP contribution in [0.5, 0.6) is 0 Å². The molecule has 0 atom stereocenters. The fourth-order valence-corrected chi connectivity index (χ4v) is 4.65. The van der Waals surface area contributed by atoms with Crippen molar-refractivity contribution in [2.75, 3.05) is 11.1 Å². The summed E-state index contributed by atoms with van der Waals surface area (Å²) in [6, 6.07) is 1.57. The van der Waals surface area contributed by atoms with Crippen LogP contribution in [0.4, 0.5) is 30.5 Å². The summed E-state index contributed by atoms with van der Waals surface area (Å²) in [7, 11) is 0. The highest BCUT2D eigenvalue weighted by Gasteiger charge is 2.48.